The maximum atomic E-state index is 11.1. The predicted molar refractivity (Wildman–Crippen MR) is 109 cm³/mol. The summed E-state index contributed by atoms with van der Waals surface area (Å²) in [7, 11) is 0. The van der Waals surface area contributed by atoms with Crippen LogP contribution in [0.4, 0.5) is 0 Å². The van der Waals surface area contributed by atoms with Crippen LogP contribution in [-0.2, 0) is 0 Å². The molecular weight excluding hydrogens is 386 g/mol. The fraction of sp³-hybridized carbons (Fsp3) is 0.217. The second-order valence-electron chi connectivity index (χ2n) is 6.78. The summed E-state index contributed by atoms with van der Waals surface area (Å²) in [5, 5.41) is 11.1. The highest BCUT2D eigenvalue weighted by molar-refractivity contribution is 9.10. The van der Waals surface area contributed by atoms with Gasteiger partial charge in [-0.15, -0.1) is 0 Å². The molecule has 2 nitrogen and oxygen atoms in total. The van der Waals surface area contributed by atoms with Crippen molar-refractivity contribution in [1.29, 1.82) is 0 Å². The molecule has 2 atom stereocenters. The van der Waals surface area contributed by atoms with Crippen LogP contribution >= 0.6 is 15.9 Å². The van der Waals surface area contributed by atoms with E-state index in [1.54, 1.807) is 0 Å². The van der Waals surface area contributed by atoms with Gasteiger partial charge >= 0.3 is 0 Å². The first-order valence-corrected chi connectivity index (χ1v) is 9.83. The van der Waals surface area contributed by atoms with Crippen LogP contribution < -0.4 is 0 Å². The molecule has 3 heteroatoms. The van der Waals surface area contributed by atoms with E-state index in [2.05, 4.69) is 81.5 Å². The van der Waals surface area contributed by atoms with Gasteiger partial charge in [-0.3, -0.25) is 4.90 Å². The summed E-state index contributed by atoms with van der Waals surface area (Å²) < 4.78 is 0.968. The van der Waals surface area contributed by atoms with Crippen molar-refractivity contribution in [3.05, 3.63) is 106 Å². The molecule has 2 unspecified atom stereocenters. The van der Waals surface area contributed by atoms with E-state index in [4.69, 9.17) is 0 Å². The van der Waals surface area contributed by atoms with Gasteiger partial charge in [0.15, 0.2) is 0 Å². The third kappa shape index (κ3) is 3.35. The molecular formula is C23H22BrNO. The van der Waals surface area contributed by atoms with E-state index in [1.807, 2.05) is 24.3 Å². The van der Waals surface area contributed by atoms with Crippen LogP contribution in [0, 0.1) is 0 Å². The maximum Gasteiger partial charge on any atom is 0.0956 e. The third-order valence-corrected chi connectivity index (χ3v) is 5.98. The first-order chi connectivity index (χ1) is 12.8. The molecule has 1 fully saturated rings. The number of likely N-dealkylation sites (tertiary alicyclic amines) is 1. The first kappa shape index (κ1) is 17.5. The van der Waals surface area contributed by atoms with Crippen molar-refractivity contribution in [2.45, 2.75) is 24.6 Å². The van der Waals surface area contributed by atoms with Crippen LogP contribution in [0.5, 0.6) is 0 Å². The fourth-order valence-electron chi connectivity index (χ4n) is 3.86. The number of hydrogen-bond donors (Lipinski definition) is 1. The maximum absolute atomic E-state index is 11.1. The van der Waals surface area contributed by atoms with E-state index in [0.717, 1.165) is 23.0 Å². The first-order valence-electron chi connectivity index (χ1n) is 9.04. The molecule has 0 spiro atoms. The highest BCUT2D eigenvalue weighted by atomic mass is 79.9. The summed E-state index contributed by atoms with van der Waals surface area (Å²) in [4.78, 5) is 2.43. The minimum absolute atomic E-state index is 0.110. The number of aliphatic hydroxyl groups excluding tert-OH is 1. The minimum atomic E-state index is -0.505. The topological polar surface area (TPSA) is 23.5 Å². The summed E-state index contributed by atoms with van der Waals surface area (Å²) in [6, 6.07) is 29.4. The van der Waals surface area contributed by atoms with Gasteiger partial charge in [0, 0.05) is 17.1 Å². The lowest BCUT2D eigenvalue weighted by Crippen LogP contribution is -2.52. The molecule has 0 amide bonds. The summed E-state index contributed by atoms with van der Waals surface area (Å²) in [6.07, 6.45) is 0.493. The summed E-state index contributed by atoms with van der Waals surface area (Å²) in [5.74, 6) is 0. The fourth-order valence-corrected chi connectivity index (χ4v) is 4.37. The molecule has 3 aromatic rings. The molecule has 0 aliphatic carbocycles. The molecule has 1 saturated heterocycles. The second-order valence-corrected chi connectivity index (χ2v) is 7.64. The van der Waals surface area contributed by atoms with Crippen molar-refractivity contribution >= 4 is 15.9 Å². The molecule has 0 radical (unpaired) electrons. The number of nitrogens with zero attached hydrogens (tertiary/aromatic N) is 1. The third-order valence-electron chi connectivity index (χ3n) is 5.26. The summed E-state index contributed by atoms with van der Waals surface area (Å²) >= 11 is 3.59. The van der Waals surface area contributed by atoms with Crippen LogP contribution in [-0.4, -0.2) is 22.6 Å². The van der Waals surface area contributed by atoms with Gasteiger partial charge in [-0.1, -0.05) is 94.8 Å². The molecule has 3 aromatic carbocycles. The molecule has 1 heterocycles. The molecule has 132 valence electrons. The Bertz CT molecular complexity index is 813. The zero-order valence-corrected chi connectivity index (χ0v) is 16.1. The number of rotatable bonds is 5. The predicted octanol–water partition coefficient (Wildman–Crippen LogP) is 5.35. The quantitative estimate of drug-likeness (QED) is 0.616. The van der Waals surface area contributed by atoms with Gasteiger partial charge in [0.1, 0.15) is 0 Å². The average Bonchev–Trinajstić information content (AvgIpc) is 2.66. The second kappa shape index (κ2) is 7.75. The highest BCUT2D eigenvalue weighted by Gasteiger charge is 2.40. The molecule has 1 N–H and O–H groups in total. The van der Waals surface area contributed by atoms with Crippen molar-refractivity contribution in [2.24, 2.45) is 0 Å². The standard InChI is InChI=1S/C23H22BrNO/c24-20-14-8-7-13-19(20)23(26)21-15-16-25(21)22(17-9-3-1-4-10-17)18-11-5-2-6-12-18/h1-14,21-23,26H,15-16H2. The van der Waals surface area contributed by atoms with Gasteiger partial charge in [-0.05, 0) is 29.2 Å². The molecule has 26 heavy (non-hydrogen) atoms. The Balaban J connectivity index is 1.67. The van der Waals surface area contributed by atoms with Gasteiger partial charge in [0.2, 0.25) is 0 Å². The van der Waals surface area contributed by atoms with E-state index >= 15 is 0 Å². The van der Waals surface area contributed by atoms with Crippen LogP contribution in [0.3, 0.4) is 0 Å². The normalized spacial score (nSPS) is 18.5. The van der Waals surface area contributed by atoms with E-state index in [1.165, 1.54) is 11.1 Å². The van der Waals surface area contributed by atoms with Crippen LogP contribution in [0.15, 0.2) is 89.4 Å². The number of benzene rings is 3. The monoisotopic (exact) mass is 407 g/mol. The SMILES string of the molecule is OC(c1ccccc1Br)C1CCN1C(c1ccccc1)c1ccccc1. The molecule has 4 rings (SSSR count). The Morgan fingerprint density at radius 2 is 1.35 bits per heavy atom. The Morgan fingerprint density at radius 3 is 1.85 bits per heavy atom. The van der Waals surface area contributed by atoms with Crippen molar-refractivity contribution < 1.29 is 5.11 Å². The van der Waals surface area contributed by atoms with Gasteiger partial charge in [0.25, 0.3) is 0 Å². The summed E-state index contributed by atoms with van der Waals surface area (Å²) in [6.45, 7) is 0.987. The van der Waals surface area contributed by atoms with Crippen molar-refractivity contribution in [1.82, 2.24) is 4.90 Å². The molecule has 0 saturated carbocycles. The van der Waals surface area contributed by atoms with Gasteiger partial charge in [-0.25, -0.2) is 0 Å². The molecule has 1 aliphatic heterocycles. The Kier molecular flexibility index (Phi) is 5.21. The van der Waals surface area contributed by atoms with E-state index < -0.39 is 6.10 Å². The average molecular weight is 408 g/mol. The van der Waals surface area contributed by atoms with E-state index in [0.29, 0.717) is 0 Å². The lowest BCUT2D eigenvalue weighted by molar-refractivity contribution is -0.0346. The van der Waals surface area contributed by atoms with Crippen molar-refractivity contribution in [2.75, 3.05) is 6.54 Å². The zero-order chi connectivity index (χ0) is 17.9. The number of aliphatic hydroxyl groups is 1. The zero-order valence-electron chi connectivity index (χ0n) is 14.5. The Labute approximate surface area is 163 Å². The van der Waals surface area contributed by atoms with Crippen molar-refractivity contribution in [3.63, 3.8) is 0 Å². The van der Waals surface area contributed by atoms with Crippen LogP contribution in [0.1, 0.15) is 35.3 Å². The van der Waals surface area contributed by atoms with Gasteiger partial charge in [-0.2, -0.15) is 0 Å². The molecule has 0 aromatic heterocycles. The van der Waals surface area contributed by atoms with Gasteiger partial charge in [0.05, 0.1) is 12.1 Å². The summed E-state index contributed by atoms with van der Waals surface area (Å²) in [5.41, 5.74) is 3.49. The number of halogens is 1. The lowest BCUT2D eigenvalue weighted by atomic mass is 9.86. The highest BCUT2D eigenvalue weighted by Crippen LogP contribution is 2.41. The Morgan fingerprint density at radius 1 is 0.808 bits per heavy atom. The lowest BCUT2D eigenvalue weighted by Gasteiger charge is -2.48. The molecule has 1 aliphatic rings. The van der Waals surface area contributed by atoms with Crippen molar-refractivity contribution in [3.8, 4) is 0 Å². The smallest absolute Gasteiger partial charge is 0.0956 e. The van der Waals surface area contributed by atoms with Gasteiger partial charge < -0.3 is 5.11 Å². The van der Waals surface area contributed by atoms with E-state index in [9.17, 15) is 5.11 Å². The molecule has 0 bridgehead atoms. The van der Waals surface area contributed by atoms with Crippen LogP contribution in [0.25, 0.3) is 0 Å². The Hall–Kier alpha value is -1.94. The van der Waals surface area contributed by atoms with E-state index in [-0.39, 0.29) is 12.1 Å². The van der Waals surface area contributed by atoms with Crippen LogP contribution in [0.2, 0.25) is 0 Å². The minimum Gasteiger partial charge on any atom is -0.387 e. The number of hydrogen-bond acceptors (Lipinski definition) is 2. The largest absolute Gasteiger partial charge is 0.387 e.